The molecule has 0 radical (unpaired) electrons. The number of rotatable bonds is 2. The average Bonchev–Trinajstić information content (AvgIpc) is 2.29. The molecule has 2 aromatic carbocycles. The topological polar surface area (TPSA) is 35.2 Å². The number of nitrogens with two attached hydrogens (primary N) is 1. The summed E-state index contributed by atoms with van der Waals surface area (Å²) in [6, 6.07) is 6.31. The normalized spacial score (nSPS) is 11.4. The van der Waals surface area contributed by atoms with E-state index in [4.69, 9.17) is 5.73 Å². The standard InChI is InChI=1S/C13H8F5NO/c14-11-2-1-7(5-12(11)15)8-3-9(19)6-10(4-8)20-13(16,17)18/h1-6H,19H2. The monoisotopic (exact) mass is 289 g/mol. The van der Waals surface area contributed by atoms with Gasteiger partial charge in [-0.15, -0.1) is 13.2 Å². The van der Waals surface area contributed by atoms with E-state index in [9.17, 15) is 22.0 Å². The fraction of sp³-hybridized carbons (Fsp3) is 0.0769. The molecular weight excluding hydrogens is 281 g/mol. The highest BCUT2D eigenvalue weighted by atomic mass is 19.4. The minimum absolute atomic E-state index is 0.00600. The third kappa shape index (κ3) is 3.37. The van der Waals surface area contributed by atoms with Gasteiger partial charge in [-0.2, -0.15) is 0 Å². The molecule has 2 aromatic rings. The molecule has 7 heteroatoms. The molecule has 0 aromatic heterocycles. The third-order valence-electron chi connectivity index (χ3n) is 2.42. The van der Waals surface area contributed by atoms with E-state index in [1.165, 1.54) is 12.1 Å². The molecule has 2 nitrogen and oxygen atoms in total. The number of halogens is 5. The molecule has 20 heavy (non-hydrogen) atoms. The summed E-state index contributed by atoms with van der Waals surface area (Å²) in [6.45, 7) is 0. The Morgan fingerprint density at radius 1 is 0.850 bits per heavy atom. The van der Waals surface area contributed by atoms with Crippen molar-refractivity contribution in [2.75, 3.05) is 5.73 Å². The summed E-state index contributed by atoms with van der Waals surface area (Å²) >= 11 is 0. The van der Waals surface area contributed by atoms with Crippen molar-refractivity contribution in [3.8, 4) is 16.9 Å². The van der Waals surface area contributed by atoms with Crippen LogP contribution < -0.4 is 10.5 Å². The molecule has 0 saturated carbocycles. The molecule has 0 aliphatic carbocycles. The van der Waals surface area contributed by atoms with E-state index < -0.39 is 23.7 Å². The van der Waals surface area contributed by atoms with Gasteiger partial charge in [0.25, 0.3) is 0 Å². The van der Waals surface area contributed by atoms with E-state index in [2.05, 4.69) is 4.74 Å². The first-order valence-corrected chi connectivity index (χ1v) is 5.36. The lowest BCUT2D eigenvalue weighted by molar-refractivity contribution is -0.274. The Morgan fingerprint density at radius 3 is 2.15 bits per heavy atom. The Balaban J connectivity index is 2.43. The van der Waals surface area contributed by atoms with Gasteiger partial charge in [0.05, 0.1) is 0 Å². The van der Waals surface area contributed by atoms with Crippen molar-refractivity contribution in [1.29, 1.82) is 0 Å². The number of benzene rings is 2. The molecule has 2 N–H and O–H groups in total. The van der Waals surface area contributed by atoms with E-state index >= 15 is 0 Å². The number of ether oxygens (including phenoxy) is 1. The zero-order valence-corrected chi connectivity index (χ0v) is 9.84. The van der Waals surface area contributed by atoms with Crippen LogP contribution in [0, 0.1) is 11.6 Å². The second-order valence-corrected chi connectivity index (χ2v) is 3.97. The van der Waals surface area contributed by atoms with Crippen molar-refractivity contribution in [3.05, 3.63) is 48.0 Å². The molecule has 0 atom stereocenters. The zero-order valence-electron chi connectivity index (χ0n) is 9.84. The van der Waals surface area contributed by atoms with E-state index in [-0.39, 0.29) is 16.8 Å². The summed E-state index contributed by atoms with van der Waals surface area (Å²) in [4.78, 5) is 0. The summed E-state index contributed by atoms with van der Waals surface area (Å²) in [6.07, 6.45) is -4.86. The molecule has 0 spiro atoms. The highest BCUT2D eigenvalue weighted by Crippen LogP contribution is 2.31. The quantitative estimate of drug-likeness (QED) is 0.667. The second-order valence-electron chi connectivity index (χ2n) is 3.97. The van der Waals surface area contributed by atoms with Gasteiger partial charge in [0.2, 0.25) is 0 Å². The predicted molar refractivity (Wildman–Crippen MR) is 62.9 cm³/mol. The smallest absolute Gasteiger partial charge is 0.406 e. The van der Waals surface area contributed by atoms with Crippen LogP contribution >= 0.6 is 0 Å². The second kappa shape index (κ2) is 4.99. The van der Waals surface area contributed by atoms with E-state index in [1.807, 2.05) is 0 Å². The molecule has 0 fully saturated rings. The molecule has 106 valence electrons. The summed E-state index contributed by atoms with van der Waals surface area (Å²) in [5.41, 5.74) is 5.84. The molecule has 0 bridgehead atoms. The van der Waals surface area contributed by atoms with Crippen molar-refractivity contribution < 1.29 is 26.7 Å². The Kier molecular flexibility index (Phi) is 3.52. The minimum Gasteiger partial charge on any atom is -0.406 e. The van der Waals surface area contributed by atoms with Gasteiger partial charge in [-0.25, -0.2) is 8.78 Å². The van der Waals surface area contributed by atoms with E-state index in [0.29, 0.717) is 0 Å². The lowest BCUT2D eigenvalue weighted by Gasteiger charge is -2.11. The Morgan fingerprint density at radius 2 is 1.55 bits per heavy atom. The maximum atomic E-state index is 13.1. The van der Waals surface area contributed by atoms with Crippen LogP contribution in [0.1, 0.15) is 0 Å². The van der Waals surface area contributed by atoms with Gasteiger partial charge in [-0.3, -0.25) is 0 Å². The summed E-state index contributed by atoms with van der Waals surface area (Å²) in [5, 5.41) is 0. The summed E-state index contributed by atoms with van der Waals surface area (Å²) in [7, 11) is 0. The highest BCUT2D eigenvalue weighted by Gasteiger charge is 2.31. The Hall–Kier alpha value is -2.31. The lowest BCUT2D eigenvalue weighted by Crippen LogP contribution is -2.17. The van der Waals surface area contributed by atoms with Crippen LogP contribution in [-0.4, -0.2) is 6.36 Å². The van der Waals surface area contributed by atoms with Crippen LogP contribution in [0.3, 0.4) is 0 Å². The van der Waals surface area contributed by atoms with Gasteiger partial charge in [-0.05, 0) is 35.4 Å². The maximum absolute atomic E-state index is 13.1. The van der Waals surface area contributed by atoms with Crippen LogP contribution in [0.15, 0.2) is 36.4 Å². The van der Waals surface area contributed by atoms with Crippen molar-refractivity contribution in [1.82, 2.24) is 0 Å². The number of hydrogen-bond acceptors (Lipinski definition) is 2. The van der Waals surface area contributed by atoms with Crippen molar-refractivity contribution >= 4 is 5.69 Å². The van der Waals surface area contributed by atoms with Gasteiger partial charge in [0.15, 0.2) is 11.6 Å². The van der Waals surface area contributed by atoms with Crippen LogP contribution in [0.4, 0.5) is 27.6 Å². The number of hydrogen-bond donors (Lipinski definition) is 1. The molecule has 0 saturated heterocycles. The van der Waals surface area contributed by atoms with Crippen LogP contribution in [0.25, 0.3) is 11.1 Å². The molecule has 0 amide bonds. The first kappa shape index (κ1) is 14.1. The Labute approximate surface area is 110 Å². The summed E-state index contributed by atoms with van der Waals surface area (Å²) < 4.78 is 66.1. The number of alkyl halides is 3. The highest BCUT2D eigenvalue weighted by molar-refractivity contribution is 5.69. The zero-order chi connectivity index (χ0) is 14.9. The van der Waals surface area contributed by atoms with E-state index in [0.717, 1.165) is 24.3 Å². The van der Waals surface area contributed by atoms with Gasteiger partial charge >= 0.3 is 6.36 Å². The SMILES string of the molecule is Nc1cc(OC(F)(F)F)cc(-c2ccc(F)c(F)c2)c1. The summed E-state index contributed by atoms with van der Waals surface area (Å²) in [5.74, 6) is -2.69. The molecular formula is C13H8F5NO. The molecule has 0 aliphatic rings. The number of nitrogen functional groups attached to an aromatic ring is 1. The van der Waals surface area contributed by atoms with Crippen molar-refractivity contribution in [2.45, 2.75) is 6.36 Å². The lowest BCUT2D eigenvalue weighted by atomic mass is 10.0. The third-order valence-corrected chi connectivity index (χ3v) is 2.42. The van der Waals surface area contributed by atoms with Crippen molar-refractivity contribution in [2.24, 2.45) is 0 Å². The van der Waals surface area contributed by atoms with Gasteiger partial charge in [-0.1, -0.05) is 6.07 Å². The van der Waals surface area contributed by atoms with Gasteiger partial charge in [0.1, 0.15) is 5.75 Å². The van der Waals surface area contributed by atoms with Gasteiger partial charge < -0.3 is 10.5 Å². The van der Waals surface area contributed by atoms with Crippen LogP contribution in [-0.2, 0) is 0 Å². The van der Waals surface area contributed by atoms with E-state index in [1.54, 1.807) is 0 Å². The van der Waals surface area contributed by atoms with Crippen molar-refractivity contribution in [3.63, 3.8) is 0 Å². The molecule has 0 heterocycles. The fourth-order valence-electron chi connectivity index (χ4n) is 1.66. The Bertz CT molecular complexity index is 639. The molecule has 0 unspecified atom stereocenters. The number of anilines is 1. The average molecular weight is 289 g/mol. The van der Waals surface area contributed by atoms with Crippen LogP contribution in [0.5, 0.6) is 5.75 Å². The minimum atomic E-state index is -4.86. The van der Waals surface area contributed by atoms with Crippen LogP contribution in [0.2, 0.25) is 0 Å². The fourth-order valence-corrected chi connectivity index (χ4v) is 1.66. The molecule has 2 rings (SSSR count). The maximum Gasteiger partial charge on any atom is 0.573 e. The first-order valence-electron chi connectivity index (χ1n) is 5.36. The van der Waals surface area contributed by atoms with Gasteiger partial charge in [0, 0.05) is 11.8 Å². The predicted octanol–water partition coefficient (Wildman–Crippen LogP) is 4.11. The largest absolute Gasteiger partial charge is 0.573 e. The molecule has 0 aliphatic heterocycles. The first-order chi connectivity index (χ1) is 9.24.